The Balaban J connectivity index is 1.28. The number of hydrogen-bond donors (Lipinski definition) is 2. The van der Waals surface area contributed by atoms with Crippen molar-refractivity contribution in [2.75, 3.05) is 18.4 Å². The monoisotopic (exact) mass is 494 g/mol. The minimum Gasteiger partial charge on any atom is -0.342 e. The third-order valence-corrected chi connectivity index (χ3v) is 7.63. The second-order valence-electron chi connectivity index (χ2n) is 9.80. The van der Waals surface area contributed by atoms with E-state index in [2.05, 4.69) is 32.0 Å². The van der Waals surface area contributed by atoms with Gasteiger partial charge in [-0.15, -0.1) is 5.10 Å². The Labute approximate surface area is 207 Å². The van der Waals surface area contributed by atoms with Crippen LogP contribution >= 0.6 is 11.5 Å². The molecule has 35 heavy (non-hydrogen) atoms. The van der Waals surface area contributed by atoms with Gasteiger partial charge in [-0.05, 0) is 78.7 Å². The number of aromatic nitrogens is 4. The van der Waals surface area contributed by atoms with Crippen molar-refractivity contribution in [3.63, 3.8) is 0 Å². The molecule has 1 aliphatic carbocycles. The van der Waals surface area contributed by atoms with Gasteiger partial charge in [-0.3, -0.25) is 19.1 Å². The van der Waals surface area contributed by atoms with E-state index in [4.69, 9.17) is 0 Å². The molecule has 1 unspecified atom stereocenters. The Morgan fingerprint density at radius 2 is 2.03 bits per heavy atom. The molecule has 1 aromatic carbocycles. The van der Waals surface area contributed by atoms with E-state index < -0.39 is 5.69 Å². The van der Waals surface area contributed by atoms with Crippen LogP contribution < -0.4 is 16.6 Å². The summed E-state index contributed by atoms with van der Waals surface area (Å²) in [5.74, 6) is 0.455. The lowest BCUT2D eigenvalue weighted by Crippen LogP contribution is -2.44. The third kappa shape index (κ3) is 4.93. The largest absolute Gasteiger partial charge is 0.342 e. The van der Waals surface area contributed by atoms with E-state index in [1.54, 1.807) is 4.90 Å². The van der Waals surface area contributed by atoms with Crippen molar-refractivity contribution in [2.24, 2.45) is 5.92 Å². The van der Waals surface area contributed by atoms with Crippen molar-refractivity contribution in [1.29, 1.82) is 0 Å². The van der Waals surface area contributed by atoms with Gasteiger partial charge in [0.05, 0.1) is 5.69 Å². The smallest absolute Gasteiger partial charge is 0.329 e. The molecule has 9 nitrogen and oxygen atoms in total. The highest BCUT2D eigenvalue weighted by Gasteiger charge is 2.29. The highest BCUT2D eigenvalue weighted by atomic mass is 32.1. The van der Waals surface area contributed by atoms with Crippen LogP contribution in [-0.4, -0.2) is 43.0 Å². The Bertz CT molecular complexity index is 1330. The first-order valence-corrected chi connectivity index (χ1v) is 13.0. The number of aromatic amines is 1. The molecule has 2 aliphatic rings. The van der Waals surface area contributed by atoms with E-state index in [0.29, 0.717) is 23.8 Å². The van der Waals surface area contributed by atoms with Gasteiger partial charge in [0.25, 0.3) is 11.5 Å². The van der Waals surface area contributed by atoms with Crippen LogP contribution in [0.2, 0.25) is 0 Å². The summed E-state index contributed by atoms with van der Waals surface area (Å²) >= 11 is 1.13. The Hall–Kier alpha value is -3.27. The molecule has 1 aliphatic heterocycles. The van der Waals surface area contributed by atoms with Crippen LogP contribution in [0.15, 0.2) is 33.9 Å². The molecule has 1 saturated heterocycles. The number of fused-ring (bicyclic) bond motifs is 1. The number of hydrogen-bond acceptors (Lipinski definition) is 7. The number of likely N-dealkylation sites (tertiary alicyclic amines) is 1. The highest BCUT2D eigenvalue weighted by molar-refractivity contribution is 7.08. The first kappa shape index (κ1) is 23.5. The predicted octanol–water partition coefficient (Wildman–Crippen LogP) is 3.30. The zero-order chi connectivity index (χ0) is 24.5. The topological polar surface area (TPSA) is 113 Å². The number of nitrogens with zero attached hydrogens (tertiary/aromatic N) is 4. The standard InChI is InChI=1S/C25H30N6O3S/c1-15(2)22-23(35-29-28-22)24(33)30-10-4-5-16(13-30)14-31-21(32)12-20(27-25(31)34)26-19-9-8-17-6-3-7-18(17)11-19/h8-9,11-12,15-16,26H,3-7,10,13-14H2,1-2H3,(H,27,34). The van der Waals surface area contributed by atoms with E-state index >= 15 is 0 Å². The first-order chi connectivity index (χ1) is 16.9. The molecule has 184 valence electrons. The van der Waals surface area contributed by atoms with E-state index in [9.17, 15) is 14.4 Å². The van der Waals surface area contributed by atoms with Gasteiger partial charge in [0.2, 0.25) is 0 Å². The van der Waals surface area contributed by atoms with Gasteiger partial charge in [0.15, 0.2) is 0 Å². The molecule has 0 spiro atoms. The lowest BCUT2D eigenvalue weighted by atomic mass is 9.97. The molecule has 1 fully saturated rings. The van der Waals surface area contributed by atoms with Crippen molar-refractivity contribution in [3.8, 4) is 0 Å². The number of carbonyl (C=O) groups excluding carboxylic acids is 1. The zero-order valence-electron chi connectivity index (χ0n) is 20.0. The van der Waals surface area contributed by atoms with Crippen LogP contribution in [0, 0.1) is 5.92 Å². The number of aryl methyl sites for hydroxylation is 2. The molecular formula is C25H30N6O3S. The average molecular weight is 495 g/mol. The normalized spacial score (nSPS) is 17.6. The summed E-state index contributed by atoms with van der Waals surface area (Å²) in [5, 5.41) is 7.29. The lowest BCUT2D eigenvalue weighted by Gasteiger charge is -2.32. The molecule has 3 heterocycles. The Morgan fingerprint density at radius 1 is 1.20 bits per heavy atom. The minimum absolute atomic E-state index is 0.0189. The Morgan fingerprint density at radius 3 is 2.83 bits per heavy atom. The van der Waals surface area contributed by atoms with Gasteiger partial charge in [-0.1, -0.05) is 24.4 Å². The van der Waals surface area contributed by atoms with E-state index in [0.717, 1.165) is 55.0 Å². The van der Waals surface area contributed by atoms with Crippen LogP contribution in [0.5, 0.6) is 0 Å². The number of H-pyrrole nitrogens is 1. The molecule has 5 rings (SSSR count). The number of nitrogens with one attached hydrogen (secondary N) is 2. The van der Waals surface area contributed by atoms with Gasteiger partial charge < -0.3 is 10.2 Å². The quantitative estimate of drug-likeness (QED) is 0.544. The first-order valence-electron chi connectivity index (χ1n) is 12.2. The van der Waals surface area contributed by atoms with E-state index in [1.165, 1.54) is 21.8 Å². The van der Waals surface area contributed by atoms with Gasteiger partial charge in [-0.25, -0.2) is 4.79 Å². The van der Waals surface area contributed by atoms with Gasteiger partial charge >= 0.3 is 5.69 Å². The fraction of sp³-hybridized carbons (Fsp3) is 0.480. The SMILES string of the molecule is CC(C)c1nnsc1C(=O)N1CCCC(Cn2c(=O)cc(Nc3ccc4c(c3)CCC4)[nH]c2=O)C1. The molecule has 1 atom stereocenters. The molecule has 0 radical (unpaired) electrons. The summed E-state index contributed by atoms with van der Waals surface area (Å²) in [4.78, 5) is 44.0. The fourth-order valence-corrected chi connectivity index (χ4v) is 5.88. The molecule has 3 aromatic rings. The summed E-state index contributed by atoms with van der Waals surface area (Å²) < 4.78 is 5.21. The highest BCUT2D eigenvalue weighted by Crippen LogP contribution is 2.27. The zero-order valence-corrected chi connectivity index (χ0v) is 20.9. The molecule has 10 heteroatoms. The molecule has 2 aromatic heterocycles. The molecule has 2 N–H and O–H groups in total. The number of rotatable bonds is 6. The van der Waals surface area contributed by atoms with Crippen LogP contribution in [0.1, 0.15) is 65.5 Å². The summed E-state index contributed by atoms with van der Waals surface area (Å²) in [6.45, 7) is 5.41. The maximum atomic E-state index is 13.1. The number of benzene rings is 1. The van der Waals surface area contributed by atoms with Crippen LogP contribution in [0.25, 0.3) is 0 Å². The summed E-state index contributed by atoms with van der Waals surface area (Å²) in [6, 6.07) is 7.60. The van der Waals surface area contributed by atoms with Gasteiger partial charge in [0.1, 0.15) is 10.7 Å². The molecule has 0 bridgehead atoms. The maximum Gasteiger partial charge on any atom is 0.329 e. The number of piperidine rings is 1. The summed E-state index contributed by atoms with van der Waals surface area (Å²) in [7, 11) is 0. The third-order valence-electron chi connectivity index (χ3n) is 6.90. The lowest BCUT2D eigenvalue weighted by molar-refractivity contribution is 0.0664. The van der Waals surface area contributed by atoms with Crippen LogP contribution in [-0.2, 0) is 19.4 Å². The number of carbonyl (C=O) groups is 1. The minimum atomic E-state index is -0.446. The second-order valence-corrected chi connectivity index (χ2v) is 10.6. The van der Waals surface area contributed by atoms with Gasteiger partial charge in [-0.2, -0.15) is 0 Å². The van der Waals surface area contributed by atoms with Crippen molar-refractivity contribution < 1.29 is 4.79 Å². The number of anilines is 2. The van der Waals surface area contributed by atoms with E-state index in [-0.39, 0.29) is 29.8 Å². The van der Waals surface area contributed by atoms with Crippen molar-refractivity contribution in [2.45, 2.75) is 58.4 Å². The fourth-order valence-electron chi connectivity index (χ4n) is 5.09. The Kier molecular flexibility index (Phi) is 6.55. The molecular weight excluding hydrogens is 464 g/mol. The molecule has 1 amide bonds. The molecule has 0 saturated carbocycles. The van der Waals surface area contributed by atoms with Crippen LogP contribution in [0.4, 0.5) is 11.5 Å². The van der Waals surface area contributed by atoms with Crippen molar-refractivity contribution >= 4 is 28.9 Å². The summed E-state index contributed by atoms with van der Waals surface area (Å²) in [5.41, 5.74) is 3.47. The average Bonchev–Trinajstić information content (AvgIpc) is 3.51. The van der Waals surface area contributed by atoms with E-state index in [1.807, 2.05) is 19.9 Å². The van der Waals surface area contributed by atoms with Crippen molar-refractivity contribution in [1.82, 2.24) is 24.0 Å². The maximum absolute atomic E-state index is 13.1. The second kappa shape index (κ2) is 9.77. The van der Waals surface area contributed by atoms with Gasteiger partial charge in [0, 0.05) is 31.4 Å². The number of amides is 1. The summed E-state index contributed by atoms with van der Waals surface area (Å²) in [6.07, 6.45) is 5.00. The van der Waals surface area contributed by atoms with Crippen molar-refractivity contribution in [3.05, 3.63) is 66.8 Å². The predicted molar refractivity (Wildman–Crippen MR) is 136 cm³/mol. The van der Waals surface area contributed by atoms with Crippen LogP contribution in [0.3, 0.4) is 0 Å².